The molecule has 0 aliphatic carbocycles. The number of carbonyl (C=O) groups excluding carboxylic acids is 1. The van der Waals surface area contributed by atoms with Crippen molar-refractivity contribution in [3.05, 3.63) is 36.1 Å². The summed E-state index contributed by atoms with van der Waals surface area (Å²) in [6.07, 6.45) is 4.41. The van der Waals surface area contributed by atoms with Gasteiger partial charge in [-0.3, -0.25) is 4.79 Å². The Kier molecular flexibility index (Phi) is 3.28. The molecule has 1 aromatic heterocycles. The van der Waals surface area contributed by atoms with Crippen molar-refractivity contribution < 1.29 is 9.21 Å². The lowest BCUT2D eigenvalue weighted by Crippen LogP contribution is -2.38. The number of nitrogens with zero attached hydrogens (tertiary/aromatic N) is 1. The van der Waals surface area contributed by atoms with E-state index >= 15 is 0 Å². The van der Waals surface area contributed by atoms with Gasteiger partial charge in [0.15, 0.2) is 0 Å². The molecule has 0 bridgehead atoms. The molecule has 1 aliphatic rings. The van der Waals surface area contributed by atoms with Gasteiger partial charge in [-0.05, 0) is 24.8 Å². The number of piperidine rings is 1. The normalized spacial score (nSPS) is 17.0. The van der Waals surface area contributed by atoms with Crippen LogP contribution in [0.15, 0.2) is 34.9 Å². The largest absolute Gasteiger partial charge is 0.464 e. The van der Waals surface area contributed by atoms with Crippen LogP contribution in [0.1, 0.15) is 25.3 Å². The first-order chi connectivity index (χ1) is 9.24. The van der Waals surface area contributed by atoms with Crippen LogP contribution in [0, 0.1) is 5.92 Å². The molecule has 0 spiro atoms. The molecule has 19 heavy (non-hydrogen) atoms. The second-order valence-electron chi connectivity index (χ2n) is 5.50. The summed E-state index contributed by atoms with van der Waals surface area (Å²) in [4.78, 5) is 14.3. The summed E-state index contributed by atoms with van der Waals surface area (Å²) in [6, 6.07) is 7.88. The summed E-state index contributed by atoms with van der Waals surface area (Å²) in [6.45, 7) is 4.05. The predicted molar refractivity (Wildman–Crippen MR) is 74.9 cm³/mol. The van der Waals surface area contributed by atoms with Crippen molar-refractivity contribution in [1.29, 1.82) is 0 Å². The van der Waals surface area contributed by atoms with E-state index in [0.29, 0.717) is 6.42 Å². The lowest BCUT2D eigenvalue weighted by Gasteiger charge is -2.30. The third kappa shape index (κ3) is 2.50. The molecule has 1 aromatic carbocycles. The van der Waals surface area contributed by atoms with Crippen molar-refractivity contribution in [3.63, 3.8) is 0 Å². The van der Waals surface area contributed by atoms with Gasteiger partial charge in [0.05, 0.1) is 12.7 Å². The monoisotopic (exact) mass is 257 g/mol. The van der Waals surface area contributed by atoms with Crippen LogP contribution in [0.3, 0.4) is 0 Å². The Morgan fingerprint density at radius 2 is 2.05 bits per heavy atom. The van der Waals surface area contributed by atoms with Gasteiger partial charge in [0.2, 0.25) is 5.91 Å². The maximum atomic E-state index is 12.3. The Labute approximate surface area is 113 Å². The Balaban J connectivity index is 1.72. The number of carbonyl (C=O) groups is 1. The third-order valence-electron chi connectivity index (χ3n) is 4.04. The summed E-state index contributed by atoms with van der Waals surface area (Å²) in [5.74, 6) is 0.970. The fourth-order valence-electron chi connectivity index (χ4n) is 2.70. The molecule has 1 fully saturated rings. The summed E-state index contributed by atoms with van der Waals surface area (Å²) in [7, 11) is 0. The smallest absolute Gasteiger partial charge is 0.227 e. The van der Waals surface area contributed by atoms with Gasteiger partial charge in [-0.25, -0.2) is 0 Å². The molecule has 0 atom stereocenters. The van der Waals surface area contributed by atoms with E-state index in [2.05, 4.69) is 6.92 Å². The summed E-state index contributed by atoms with van der Waals surface area (Å²) in [5, 5.41) is 1.06. The highest BCUT2D eigenvalue weighted by atomic mass is 16.3. The number of likely N-dealkylation sites (tertiary alicyclic amines) is 1. The van der Waals surface area contributed by atoms with Crippen molar-refractivity contribution in [2.75, 3.05) is 13.1 Å². The minimum Gasteiger partial charge on any atom is -0.464 e. The van der Waals surface area contributed by atoms with Crippen LogP contribution in [0.5, 0.6) is 0 Å². The van der Waals surface area contributed by atoms with Crippen LogP contribution in [-0.2, 0) is 11.2 Å². The lowest BCUT2D eigenvalue weighted by molar-refractivity contribution is -0.131. The maximum Gasteiger partial charge on any atom is 0.227 e. The van der Waals surface area contributed by atoms with E-state index < -0.39 is 0 Å². The Morgan fingerprint density at radius 3 is 2.84 bits per heavy atom. The molecule has 1 aliphatic heterocycles. The van der Waals surface area contributed by atoms with E-state index in [-0.39, 0.29) is 5.91 Å². The topological polar surface area (TPSA) is 33.5 Å². The van der Waals surface area contributed by atoms with E-state index in [0.717, 1.165) is 48.4 Å². The minimum atomic E-state index is 0.221. The number of hydrogen-bond acceptors (Lipinski definition) is 2. The zero-order valence-corrected chi connectivity index (χ0v) is 11.3. The van der Waals surface area contributed by atoms with E-state index in [9.17, 15) is 4.79 Å². The maximum absolute atomic E-state index is 12.3. The zero-order valence-electron chi connectivity index (χ0n) is 11.3. The van der Waals surface area contributed by atoms with Crippen molar-refractivity contribution in [2.45, 2.75) is 26.2 Å². The van der Waals surface area contributed by atoms with Crippen LogP contribution in [0.4, 0.5) is 0 Å². The number of furan rings is 1. The van der Waals surface area contributed by atoms with Crippen LogP contribution in [0.2, 0.25) is 0 Å². The van der Waals surface area contributed by atoms with Gasteiger partial charge >= 0.3 is 0 Å². The average Bonchev–Trinajstić information content (AvgIpc) is 2.83. The highest BCUT2D eigenvalue weighted by molar-refractivity contribution is 5.87. The summed E-state index contributed by atoms with van der Waals surface area (Å²) in [5.41, 5.74) is 1.86. The molecule has 2 heterocycles. The van der Waals surface area contributed by atoms with Crippen LogP contribution >= 0.6 is 0 Å². The fraction of sp³-hybridized carbons (Fsp3) is 0.438. The van der Waals surface area contributed by atoms with Crippen molar-refractivity contribution in [2.24, 2.45) is 5.92 Å². The molecule has 2 aromatic rings. The molecule has 3 rings (SSSR count). The SMILES string of the molecule is CC1CCN(C(=O)Cc2coc3ccccc23)CC1. The van der Waals surface area contributed by atoms with Gasteiger partial charge in [0.1, 0.15) is 5.58 Å². The number of benzene rings is 1. The van der Waals surface area contributed by atoms with E-state index in [1.807, 2.05) is 29.2 Å². The molecule has 0 saturated carbocycles. The first kappa shape index (κ1) is 12.3. The molecule has 0 N–H and O–H groups in total. The van der Waals surface area contributed by atoms with Gasteiger partial charge in [-0.2, -0.15) is 0 Å². The summed E-state index contributed by atoms with van der Waals surface area (Å²) < 4.78 is 5.48. The van der Waals surface area contributed by atoms with Crippen LogP contribution in [0.25, 0.3) is 11.0 Å². The molecular weight excluding hydrogens is 238 g/mol. The highest BCUT2D eigenvalue weighted by Crippen LogP contribution is 2.23. The Morgan fingerprint density at radius 1 is 1.32 bits per heavy atom. The molecule has 0 unspecified atom stereocenters. The summed E-state index contributed by atoms with van der Waals surface area (Å²) >= 11 is 0. The number of amides is 1. The van der Waals surface area contributed by atoms with Crippen LogP contribution in [-0.4, -0.2) is 23.9 Å². The molecular formula is C16H19NO2. The van der Waals surface area contributed by atoms with E-state index in [1.54, 1.807) is 6.26 Å². The van der Waals surface area contributed by atoms with Crippen molar-refractivity contribution in [3.8, 4) is 0 Å². The molecule has 0 radical (unpaired) electrons. The second-order valence-corrected chi connectivity index (χ2v) is 5.50. The van der Waals surface area contributed by atoms with Crippen LogP contribution < -0.4 is 0 Å². The number of hydrogen-bond donors (Lipinski definition) is 0. The van der Waals surface area contributed by atoms with Gasteiger partial charge < -0.3 is 9.32 Å². The average molecular weight is 257 g/mol. The molecule has 100 valence electrons. The Bertz CT molecular complexity index is 579. The lowest BCUT2D eigenvalue weighted by atomic mass is 9.98. The number of para-hydroxylation sites is 1. The molecule has 3 nitrogen and oxygen atoms in total. The minimum absolute atomic E-state index is 0.221. The van der Waals surface area contributed by atoms with Gasteiger partial charge in [0, 0.05) is 24.0 Å². The van der Waals surface area contributed by atoms with Crippen molar-refractivity contribution in [1.82, 2.24) is 4.90 Å². The zero-order chi connectivity index (χ0) is 13.2. The number of rotatable bonds is 2. The standard InChI is InChI=1S/C16H19NO2/c1-12-6-8-17(9-7-12)16(18)10-13-11-19-15-5-3-2-4-14(13)15/h2-5,11-12H,6-10H2,1H3. The highest BCUT2D eigenvalue weighted by Gasteiger charge is 2.21. The second kappa shape index (κ2) is 5.08. The molecule has 1 saturated heterocycles. The third-order valence-corrected chi connectivity index (χ3v) is 4.04. The fourth-order valence-corrected chi connectivity index (χ4v) is 2.70. The quantitative estimate of drug-likeness (QED) is 0.827. The predicted octanol–water partition coefficient (Wildman–Crippen LogP) is 3.23. The van der Waals surface area contributed by atoms with Gasteiger partial charge in [-0.15, -0.1) is 0 Å². The van der Waals surface area contributed by atoms with Gasteiger partial charge in [0.25, 0.3) is 0 Å². The molecule has 3 heteroatoms. The van der Waals surface area contributed by atoms with E-state index in [1.165, 1.54) is 0 Å². The Hall–Kier alpha value is -1.77. The number of fused-ring (bicyclic) bond motifs is 1. The first-order valence-electron chi connectivity index (χ1n) is 6.97. The first-order valence-corrected chi connectivity index (χ1v) is 6.97. The van der Waals surface area contributed by atoms with Gasteiger partial charge in [-0.1, -0.05) is 25.1 Å². The molecule has 1 amide bonds. The van der Waals surface area contributed by atoms with E-state index in [4.69, 9.17) is 4.42 Å². The van der Waals surface area contributed by atoms with Crippen molar-refractivity contribution >= 4 is 16.9 Å².